The first-order valence-corrected chi connectivity index (χ1v) is 31.6. The molecular weight excluding hydrogens is 997 g/mol. The van der Waals surface area contributed by atoms with E-state index in [2.05, 4.69) is 81.5 Å². The number of carbonyl (C=O) groups is 4. The number of ether oxygens (including phenoxy) is 5. The second-order valence-corrected chi connectivity index (χ2v) is 21.3. The zero-order valence-corrected chi connectivity index (χ0v) is 49.8. The summed E-state index contributed by atoms with van der Waals surface area (Å²) in [5.74, 6) is -3.29. The van der Waals surface area contributed by atoms with Crippen molar-refractivity contribution in [1.29, 1.82) is 0 Å². The van der Waals surface area contributed by atoms with Crippen LogP contribution in [0.4, 0.5) is 0 Å². The van der Waals surface area contributed by atoms with Crippen molar-refractivity contribution in [2.24, 2.45) is 0 Å². The minimum absolute atomic E-state index is 0.135. The normalized spacial score (nSPS) is 18.4. The maximum Gasteiger partial charge on any atom is 0.335 e. The van der Waals surface area contributed by atoms with Crippen molar-refractivity contribution in [2.75, 3.05) is 13.2 Å². The molecule has 1 rings (SSSR count). The summed E-state index contributed by atoms with van der Waals surface area (Å²) in [4.78, 5) is 51.2. The molecule has 0 spiro atoms. The average Bonchev–Trinajstić information content (AvgIpc) is 3.44. The maximum absolute atomic E-state index is 13.2. The highest BCUT2D eigenvalue weighted by atomic mass is 16.7. The van der Waals surface area contributed by atoms with Crippen molar-refractivity contribution in [3.05, 3.63) is 85.1 Å². The highest BCUT2D eigenvalue weighted by Gasteiger charge is 2.50. The van der Waals surface area contributed by atoms with Gasteiger partial charge in [0.25, 0.3) is 0 Å². The molecule has 1 fully saturated rings. The molecule has 1 heterocycles. The van der Waals surface area contributed by atoms with Crippen LogP contribution >= 0.6 is 0 Å². The second kappa shape index (κ2) is 54.5. The van der Waals surface area contributed by atoms with E-state index in [4.69, 9.17) is 23.7 Å². The first-order valence-electron chi connectivity index (χ1n) is 31.6. The molecule has 0 aliphatic carbocycles. The van der Waals surface area contributed by atoms with Crippen molar-refractivity contribution < 1.29 is 58.2 Å². The van der Waals surface area contributed by atoms with Crippen LogP contribution in [0.5, 0.6) is 0 Å². The average molecular weight is 1110 g/mol. The van der Waals surface area contributed by atoms with Crippen LogP contribution in [0.3, 0.4) is 0 Å². The molecule has 0 aromatic heterocycles. The third-order valence-electron chi connectivity index (χ3n) is 14.0. The number of hydrogen-bond acceptors (Lipinski definition) is 11. The van der Waals surface area contributed by atoms with E-state index >= 15 is 0 Å². The smallest absolute Gasteiger partial charge is 0.335 e. The molecule has 12 nitrogen and oxygen atoms in total. The third kappa shape index (κ3) is 44.3. The summed E-state index contributed by atoms with van der Waals surface area (Å²) in [5.41, 5.74) is 0. The third-order valence-corrected chi connectivity index (χ3v) is 14.0. The molecule has 0 bridgehead atoms. The number of carboxylic acids is 1. The Morgan fingerprint density at radius 2 is 0.835 bits per heavy atom. The molecule has 12 heteroatoms. The van der Waals surface area contributed by atoms with Crippen LogP contribution in [0.25, 0.3) is 0 Å². The Morgan fingerprint density at radius 1 is 0.443 bits per heavy atom. The fourth-order valence-corrected chi connectivity index (χ4v) is 9.18. The van der Waals surface area contributed by atoms with E-state index in [1.54, 1.807) is 12.2 Å². The Balaban J connectivity index is 2.70. The first kappa shape index (κ1) is 72.9. The topological polar surface area (TPSA) is 175 Å². The number of unbranched alkanes of at least 4 members (excludes halogenated alkanes) is 26. The van der Waals surface area contributed by atoms with E-state index in [0.29, 0.717) is 19.3 Å². The van der Waals surface area contributed by atoms with Crippen LogP contribution in [0.2, 0.25) is 0 Å². The Labute approximate surface area is 480 Å². The summed E-state index contributed by atoms with van der Waals surface area (Å²) in [6.07, 6.45) is 58.6. The molecule has 1 aliphatic heterocycles. The monoisotopic (exact) mass is 1110 g/mol. The van der Waals surface area contributed by atoms with Gasteiger partial charge >= 0.3 is 23.9 Å². The Hall–Kier alpha value is -4.10. The summed E-state index contributed by atoms with van der Waals surface area (Å²) in [5, 5.41) is 31.5. The minimum atomic E-state index is -1.94. The van der Waals surface area contributed by atoms with Crippen molar-refractivity contribution in [2.45, 2.75) is 302 Å². The molecule has 0 aromatic rings. The van der Waals surface area contributed by atoms with E-state index in [1.165, 1.54) is 116 Å². The lowest BCUT2D eigenvalue weighted by Gasteiger charge is -2.40. The molecule has 6 atom stereocenters. The molecule has 79 heavy (non-hydrogen) atoms. The summed E-state index contributed by atoms with van der Waals surface area (Å²) in [6.45, 7) is 5.82. The van der Waals surface area contributed by atoms with Gasteiger partial charge in [0.2, 0.25) is 0 Å². The molecule has 0 aromatic carbocycles. The van der Waals surface area contributed by atoms with Gasteiger partial charge in [-0.2, -0.15) is 0 Å². The Bertz CT molecular complexity index is 1700. The standard InChI is InChI=1S/C67H112O12/c1-4-7-10-13-16-19-22-25-28-29-30-31-34-35-38-41-44-47-50-53-59(68)75-56-58(77-60(69)54-51-48-45-42-39-36-32-26-23-20-17-14-11-8-5-2)57-76-67-65(63(72)62(71)64(79-67)66(73)74)78-61(70)55-52-49-46-43-40-37-33-27-24-21-18-15-12-9-6-3/h9,12,17-18,20-21,26-27,32-33,40,43,49,52,58,62-65,67,71-72H,4-8,10-11,13-16,19,22-25,28-31,34-39,41-42,44-48,50-51,53-57H2,1-3H3,(H,73,74)/b12-9-,20-17-,21-18-,32-26-,33-27-,43-40-,52-49-. The maximum atomic E-state index is 13.2. The molecule has 0 amide bonds. The van der Waals surface area contributed by atoms with Gasteiger partial charge in [0.05, 0.1) is 13.0 Å². The lowest BCUT2D eigenvalue weighted by Crippen LogP contribution is -2.61. The van der Waals surface area contributed by atoms with Crippen LogP contribution in [-0.2, 0) is 42.9 Å². The highest BCUT2D eigenvalue weighted by Crippen LogP contribution is 2.26. The molecule has 1 aliphatic rings. The fraction of sp³-hybridized carbons (Fsp3) is 0.731. The van der Waals surface area contributed by atoms with Crippen LogP contribution < -0.4 is 0 Å². The number of rotatable bonds is 53. The van der Waals surface area contributed by atoms with Gasteiger partial charge in [0.15, 0.2) is 24.6 Å². The lowest BCUT2D eigenvalue weighted by molar-refractivity contribution is -0.301. The van der Waals surface area contributed by atoms with Gasteiger partial charge < -0.3 is 39.0 Å². The fourth-order valence-electron chi connectivity index (χ4n) is 9.18. The van der Waals surface area contributed by atoms with Crippen molar-refractivity contribution in [1.82, 2.24) is 0 Å². The number of allylic oxidation sites excluding steroid dienone is 13. The molecule has 452 valence electrons. The summed E-state index contributed by atoms with van der Waals surface area (Å²) >= 11 is 0. The van der Waals surface area contributed by atoms with Gasteiger partial charge in [-0.15, -0.1) is 0 Å². The number of hydrogen-bond donors (Lipinski definition) is 3. The van der Waals surface area contributed by atoms with Crippen LogP contribution in [0.15, 0.2) is 85.1 Å². The van der Waals surface area contributed by atoms with Gasteiger partial charge in [0.1, 0.15) is 18.8 Å². The minimum Gasteiger partial charge on any atom is -0.479 e. The molecule has 6 unspecified atom stereocenters. The van der Waals surface area contributed by atoms with Crippen molar-refractivity contribution in [3.63, 3.8) is 0 Å². The van der Waals surface area contributed by atoms with E-state index in [9.17, 15) is 34.5 Å². The van der Waals surface area contributed by atoms with Crippen LogP contribution in [0, 0.1) is 0 Å². The van der Waals surface area contributed by atoms with Gasteiger partial charge in [-0.25, -0.2) is 4.79 Å². The molecule has 0 saturated carbocycles. The molecule has 0 radical (unpaired) electrons. The summed E-state index contributed by atoms with van der Waals surface area (Å²) in [7, 11) is 0. The molecule has 3 N–H and O–H groups in total. The predicted molar refractivity (Wildman–Crippen MR) is 321 cm³/mol. The van der Waals surface area contributed by atoms with E-state index < -0.39 is 67.3 Å². The predicted octanol–water partition coefficient (Wildman–Crippen LogP) is 16.7. The van der Waals surface area contributed by atoms with Gasteiger partial charge in [-0.1, -0.05) is 254 Å². The lowest BCUT2D eigenvalue weighted by atomic mass is 9.98. The first-order chi connectivity index (χ1) is 38.6. The Kier molecular flexibility index (Phi) is 50.3. The summed E-state index contributed by atoms with van der Waals surface area (Å²) < 4.78 is 28.3. The highest BCUT2D eigenvalue weighted by molar-refractivity contribution is 5.74. The number of aliphatic carboxylic acids is 1. The van der Waals surface area contributed by atoms with Crippen LogP contribution in [-0.4, -0.2) is 89.2 Å². The zero-order chi connectivity index (χ0) is 57.5. The number of carbonyl (C=O) groups excluding carboxylic acids is 3. The number of aliphatic hydroxyl groups excluding tert-OH is 2. The molecular formula is C67H112O12. The number of carboxylic acid groups (broad SMARTS) is 1. The van der Waals surface area contributed by atoms with Crippen molar-refractivity contribution in [3.8, 4) is 0 Å². The largest absolute Gasteiger partial charge is 0.479 e. The van der Waals surface area contributed by atoms with Gasteiger partial charge in [-0.3, -0.25) is 14.4 Å². The van der Waals surface area contributed by atoms with E-state index in [0.717, 1.165) is 89.9 Å². The van der Waals surface area contributed by atoms with Gasteiger partial charge in [0, 0.05) is 12.8 Å². The zero-order valence-electron chi connectivity index (χ0n) is 49.8. The van der Waals surface area contributed by atoms with Gasteiger partial charge in [-0.05, 0) is 77.0 Å². The SMILES string of the molecule is CC/C=C\C/C=C\C/C=C\C/C=C\C/C=C\CC(=O)OC1C(OCC(COC(=O)CCCCCCCCCCCCCCCCCCCCC)OC(=O)CCCCCCC/C=C\C/C=C\CCCCC)OC(C(=O)O)C(O)C1O. The number of aliphatic hydroxyl groups is 2. The van der Waals surface area contributed by atoms with E-state index in [1.807, 2.05) is 12.2 Å². The summed E-state index contributed by atoms with van der Waals surface area (Å²) in [6, 6.07) is 0. The number of esters is 3. The molecule has 1 saturated heterocycles. The second-order valence-electron chi connectivity index (χ2n) is 21.3. The quantitative estimate of drug-likeness (QED) is 0.0228. The van der Waals surface area contributed by atoms with Crippen molar-refractivity contribution >= 4 is 23.9 Å². The Morgan fingerprint density at radius 3 is 1.30 bits per heavy atom. The van der Waals surface area contributed by atoms with E-state index in [-0.39, 0.29) is 25.9 Å². The van der Waals surface area contributed by atoms with Crippen LogP contribution in [0.1, 0.15) is 265 Å².